The number of hydrogen-bond acceptors (Lipinski definition) is 2. The molecule has 2 amide bonds. The van der Waals surface area contributed by atoms with Crippen molar-refractivity contribution in [3.05, 3.63) is 71.5 Å². The Kier molecular flexibility index (Phi) is 4.03. The van der Waals surface area contributed by atoms with E-state index in [1.54, 1.807) is 4.90 Å². The van der Waals surface area contributed by atoms with Crippen molar-refractivity contribution < 1.29 is 9.59 Å². The highest BCUT2D eigenvalue weighted by Crippen LogP contribution is 2.42. The minimum atomic E-state index is -0.563. The molecule has 2 aromatic heterocycles. The second-order valence-corrected chi connectivity index (χ2v) is 9.44. The van der Waals surface area contributed by atoms with E-state index in [0.717, 1.165) is 34.1 Å². The molecule has 2 aromatic carbocycles. The maximum absolute atomic E-state index is 13.6. The van der Waals surface area contributed by atoms with Crippen LogP contribution in [0.5, 0.6) is 0 Å². The second kappa shape index (κ2) is 6.73. The van der Waals surface area contributed by atoms with E-state index < -0.39 is 11.6 Å². The lowest BCUT2D eigenvalue weighted by atomic mass is 9.82. The molecule has 6 heteroatoms. The van der Waals surface area contributed by atoms with Crippen molar-refractivity contribution in [3.63, 3.8) is 0 Å². The molecule has 0 radical (unpaired) electrons. The van der Waals surface area contributed by atoms with Gasteiger partial charge >= 0.3 is 0 Å². The van der Waals surface area contributed by atoms with Crippen LogP contribution in [0.4, 0.5) is 0 Å². The van der Waals surface area contributed by atoms with E-state index in [0.29, 0.717) is 13.0 Å². The minimum Gasteiger partial charge on any atom is -0.361 e. The second-order valence-electron chi connectivity index (χ2n) is 9.44. The van der Waals surface area contributed by atoms with Gasteiger partial charge in [-0.25, -0.2) is 0 Å². The van der Waals surface area contributed by atoms with Gasteiger partial charge in [0.15, 0.2) is 0 Å². The Bertz CT molecular complexity index is 1380. The molecular weight excluding hydrogens is 400 g/mol. The first-order valence-electron chi connectivity index (χ1n) is 11.2. The molecule has 1 fully saturated rings. The van der Waals surface area contributed by atoms with E-state index in [9.17, 15) is 9.59 Å². The lowest BCUT2D eigenvalue weighted by Gasteiger charge is -2.51. The first kappa shape index (κ1) is 19.2. The van der Waals surface area contributed by atoms with Crippen molar-refractivity contribution in [2.75, 3.05) is 13.1 Å². The number of amides is 2. The Balaban J connectivity index is 1.31. The fourth-order valence-corrected chi connectivity index (χ4v) is 5.72. The Morgan fingerprint density at radius 2 is 1.72 bits per heavy atom. The van der Waals surface area contributed by atoms with Crippen LogP contribution >= 0.6 is 0 Å². The van der Waals surface area contributed by atoms with Crippen molar-refractivity contribution in [3.8, 4) is 0 Å². The Morgan fingerprint density at radius 1 is 1.00 bits per heavy atom. The van der Waals surface area contributed by atoms with Gasteiger partial charge in [0.25, 0.3) is 0 Å². The van der Waals surface area contributed by atoms with E-state index in [1.807, 2.05) is 49.2 Å². The van der Waals surface area contributed by atoms with E-state index in [1.165, 1.54) is 10.9 Å². The summed E-state index contributed by atoms with van der Waals surface area (Å²) in [6.45, 7) is 4.76. The van der Waals surface area contributed by atoms with E-state index in [4.69, 9.17) is 0 Å². The van der Waals surface area contributed by atoms with Crippen molar-refractivity contribution in [1.82, 2.24) is 19.8 Å². The Hall–Kier alpha value is -3.54. The number of benzene rings is 2. The molecule has 1 atom stereocenters. The van der Waals surface area contributed by atoms with E-state index in [-0.39, 0.29) is 18.4 Å². The van der Waals surface area contributed by atoms with Crippen LogP contribution in [-0.2, 0) is 28.0 Å². The number of nitrogens with one attached hydrogen (secondary N) is 2. The smallest absolute Gasteiger partial charge is 0.246 e. The highest BCUT2D eigenvalue weighted by atomic mass is 16.2. The minimum absolute atomic E-state index is 0.0165. The maximum Gasteiger partial charge on any atom is 0.246 e. The van der Waals surface area contributed by atoms with Gasteiger partial charge < -0.3 is 19.8 Å². The molecule has 4 heterocycles. The summed E-state index contributed by atoms with van der Waals surface area (Å²) in [7, 11) is 0. The molecule has 32 heavy (non-hydrogen) atoms. The predicted molar refractivity (Wildman–Crippen MR) is 124 cm³/mol. The van der Waals surface area contributed by atoms with Gasteiger partial charge in [-0.05, 0) is 43.5 Å². The highest BCUT2D eigenvalue weighted by Gasteiger charge is 2.51. The number of hydrogen-bond donors (Lipinski definition) is 2. The number of aromatic amines is 2. The predicted octanol–water partition coefficient (Wildman–Crippen LogP) is 3.72. The van der Waals surface area contributed by atoms with Gasteiger partial charge in [-0.1, -0.05) is 36.4 Å². The van der Waals surface area contributed by atoms with Crippen molar-refractivity contribution in [1.29, 1.82) is 0 Å². The van der Waals surface area contributed by atoms with Crippen molar-refractivity contribution in [2.45, 2.75) is 38.3 Å². The highest BCUT2D eigenvalue weighted by molar-refractivity contribution is 5.97. The lowest BCUT2D eigenvalue weighted by Crippen LogP contribution is -2.67. The SMILES string of the molecule is CC1(C)c2[nH]c3ccccc3c2CC2C(=O)N(CCc3c[nH]c4ccccc34)CC(=O)N21. The largest absolute Gasteiger partial charge is 0.361 e. The fraction of sp³-hybridized carbons (Fsp3) is 0.308. The summed E-state index contributed by atoms with van der Waals surface area (Å²) in [6.07, 6.45) is 3.28. The molecule has 162 valence electrons. The molecule has 6 rings (SSSR count). The van der Waals surface area contributed by atoms with Crippen LogP contribution < -0.4 is 0 Å². The number of H-pyrrole nitrogens is 2. The van der Waals surface area contributed by atoms with Crippen LogP contribution in [0.15, 0.2) is 54.7 Å². The van der Waals surface area contributed by atoms with Crippen LogP contribution in [0.3, 0.4) is 0 Å². The molecule has 1 unspecified atom stereocenters. The van der Waals surface area contributed by atoms with Gasteiger partial charge in [0.05, 0.1) is 12.1 Å². The molecule has 6 nitrogen and oxygen atoms in total. The average Bonchev–Trinajstić information content (AvgIpc) is 3.37. The Labute approximate surface area is 186 Å². The monoisotopic (exact) mass is 426 g/mol. The van der Waals surface area contributed by atoms with Crippen molar-refractivity contribution >= 4 is 33.6 Å². The maximum atomic E-state index is 13.6. The number of rotatable bonds is 3. The summed E-state index contributed by atoms with van der Waals surface area (Å²) in [5.41, 5.74) is 4.96. The molecule has 0 bridgehead atoms. The van der Waals surface area contributed by atoms with E-state index >= 15 is 0 Å². The zero-order valence-electron chi connectivity index (χ0n) is 18.3. The zero-order chi connectivity index (χ0) is 22.0. The third-order valence-electron chi connectivity index (χ3n) is 7.25. The summed E-state index contributed by atoms with van der Waals surface area (Å²) in [5.74, 6) is 0.0660. The molecular formula is C26H26N4O2. The standard InChI is InChI=1S/C26H26N4O2/c1-26(2)24-19(18-8-4-6-10-21(18)28-24)13-22-25(32)29(15-23(31)30(22)26)12-11-16-14-27-20-9-5-3-7-17(16)20/h3-10,14,22,27-28H,11-13,15H2,1-2H3. The topological polar surface area (TPSA) is 72.2 Å². The summed E-state index contributed by atoms with van der Waals surface area (Å²) in [4.78, 5) is 37.3. The third kappa shape index (κ3) is 2.65. The average molecular weight is 427 g/mol. The summed E-state index contributed by atoms with van der Waals surface area (Å²) < 4.78 is 0. The van der Waals surface area contributed by atoms with Crippen molar-refractivity contribution in [2.24, 2.45) is 0 Å². The van der Waals surface area contributed by atoms with Gasteiger partial charge in [0.2, 0.25) is 11.8 Å². The number of aromatic nitrogens is 2. The van der Waals surface area contributed by atoms with Crippen LogP contribution in [0.1, 0.15) is 30.7 Å². The molecule has 0 spiro atoms. The van der Waals surface area contributed by atoms with Crippen LogP contribution in [0, 0.1) is 0 Å². The van der Waals surface area contributed by atoms with Gasteiger partial charge in [-0.2, -0.15) is 0 Å². The number of carbonyl (C=O) groups is 2. The first-order valence-corrected chi connectivity index (χ1v) is 11.2. The van der Waals surface area contributed by atoms with Gasteiger partial charge in [0, 0.05) is 46.7 Å². The van der Waals surface area contributed by atoms with Gasteiger partial charge in [-0.3, -0.25) is 9.59 Å². The molecule has 2 N–H and O–H groups in total. The molecule has 0 aliphatic carbocycles. The van der Waals surface area contributed by atoms with E-state index in [2.05, 4.69) is 34.2 Å². The summed E-state index contributed by atoms with van der Waals surface area (Å²) in [5, 5.41) is 2.32. The number of piperazine rings is 1. The molecule has 1 saturated heterocycles. The van der Waals surface area contributed by atoms with Crippen LogP contribution in [0.25, 0.3) is 21.8 Å². The van der Waals surface area contributed by atoms with Crippen LogP contribution in [-0.4, -0.2) is 50.7 Å². The number of carbonyl (C=O) groups excluding carboxylic acids is 2. The van der Waals surface area contributed by atoms with Gasteiger partial charge in [-0.15, -0.1) is 0 Å². The fourth-order valence-electron chi connectivity index (χ4n) is 5.72. The number of para-hydroxylation sites is 2. The molecule has 2 aliphatic rings. The lowest BCUT2D eigenvalue weighted by molar-refractivity contribution is -0.163. The number of fused-ring (bicyclic) bond motifs is 5. The third-order valence-corrected chi connectivity index (χ3v) is 7.25. The summed E-state index contributed by atoms with van der Waals surface area (Å²) in [6, 6.07) is 15.9. The van der Waals surface area contributed by atoms with Gasteiger partial charge in [0.1, 0.15) is 6.04 Å². The Morgan fingerprint density at radius 3 is 2.53 bits per heavy atom. The zero-order valence-corrected chi connectivity index (χ0v) is 18.3. The number of nitrogens with zero attached hydrogens (tertiary/aromatic N) is 2. The normalized spacial score (nSPS) is 20.1. The molecule has 2 aliphatic heterocycles. The molecule has 0 saturated carbocycles. The molecule has 4 aromatic rings. The quantitative estimate of drug-likeness (QED) is 0.524. The van der Waals surface area contributed by atoms with Crippen LogP contribution in [0.2, 0.25) is 0 Å². The first-order chi connectivity index (χ1) is 15.4. The summed E-state index contributed by atoms with van der Waals surface area (Å²) >= 11 is 0.